The molecule has 1 heterocycles. The summed E-state index contributed by atoms with van der Waals surface area (Å²) < 4.78 is 10.1. The minimum atomic E-state index is -0.396. The van der Waals surface area contributed by atoms with Gasteiger partial charge in [0.2, 0.25) is 5.89 Å². The van der Waals surface area contributed by atoms with Gasteiger partial charge in [-0.25, -0.2) is 4.79 Å². The van der Waals surface area contributed by atoms with Crippen LogP contribution in [0.15, 0.2) is 4.52 Å². The van der Waals surface area contributed by atoms with E-state index in [1.165, 1.54) is 0 Å². The Morgan fingerprint density at radius 2 is 1.95 bits per heavy atom. The Hall–Kier alpha value is -2.12. The number of ether oxygens (including phenoxy) is 1. The molecular weight excluding hydrogens is 288 g/mol. The SMILES string of the molecule is Cc1noc(C(NC(=O)NCCC(=O)OC(C)C)C(C)C)n1. The second-order valence-corrected chi connectivity index (χ2v) is 5.59. The average Bonchev–Trinajstić information content (AvgIpc) is 2.81. The topological polar surface area (TPSA) is 106 Å². The van der Waals surface area contributed by atoms with Gasteiger partial charge in [0.1, 0.15) is 6.04 Å². The molecule has 0 radical (unpaired) electrons. The first-order valence-corrected chi connectivity index (χ1v) is 7.33. The molecule has 0 aliphatic rings. The molecule has 1 atom stereocenters. The molecule has 22 heavy (non-hydrogen) atoms. The molecule has 1 unspecified atom stereocenters. The number of urea groups is 1. The summed E-state index contributed by atoms with van der Waals surface area (Å²) in [6.07, 6.45) is -0.0372. The van der Waals surface area contributed by atoms with Crippen molar-refractivity contribution >= 4 is 12.0 Å². The van der Waals surface area contributed by atoms with E-state index >= 15 is 0 Å². The molecule has 0 aromatic carbocycles. The summed E-state index contributed by atoms with van der Waals surface area (Å²) in [6, 6.07) is -0.782. The molecule has 1 aromatic heterocycles. The molecule has 124 valence electrons. The van der Waals surface area contributed by atoms with Crippen molar-refractivity contribution in [3.05, 3.63) is 11.7 Å². The molecule has 0 spiro atoms. The molecule has 1 rings (SSSR count). The Balaban J connectivity index is 2.43. The summed E-state index contributed by atoms with van der Waals surface area (Å²) in [6.45, 7) is 9.33. The first kappa shape index (κ1) is 17.9. The number of aromatic nitrogens is 2. The predicted octanol–water partition coefficient (Wildman–Crippen LogP) is 1.72. The maximum absolute atomic E-state index is 11.9. The van der Waals surface area contributed by atoms with Crippen LogP contribution in [-0.4, -0.2) is 34.8 Å². The summed E-state index contributed by atoms with van der Waals surface area (Å²) in [5, 5.41) is 9.09. The maximum Gasteiger partial charge on any atom is 0.315 e. The van der Waals surface area contributed by atoms with Crippen molar-refractivity contribution < 1.29 is 18.8 Å². The van der Waals surface area contributed by atoms with Crippen molar-refractivity contribution in [2.45, 2.75) is 53.2 Å². The van der Waals surface area contributed by atoms with E-state index in [1.807, 2.05) is 13.8 Å². The van der Waals surface area contributed by atoms with Crippen molar-refractivity contribution in [3.8, 4) is 0 Å². The van der Waals surface area contributed by atoms with Crippen LogP contribution in [0.5, 0.6) is 0 Å². The highest BCUT2D eigenvalue weighted by atomic mass is 16.5. The third-order valence-electron chi connectivity index (χ3n) is 2.74. The van der Waals surface area contributed by atoms with E-state index in [4.69, 9.17) is 9.26 Å². The lowest BCUT2D eigenvalue weighted by Gasteiger charge is -2.18. The number of amides is 2. The van der Waals surface area contributed by atoms with Crippen LogP contribution in [0, 0.1) is 12.8 Å². The zero-order valence-corrected chi connectivity index (χ0v) is 13.7. The van der Waals surface area contributed by atoms with Gasteiger partial charge in [-0.3, -0.25) is 4.79 Å². The van der Waals surface area contributed by atoms with E-state index in [0.717, 1.165) is 0 Å². The number of nitrogens with zero attached hydrogens (tertiary/aromatic N) is 2. The molecule has 0 saturated carbocycles. The number of hydrogen-bond donors (Lipinski definition) is 2. The maximum atomic E-state index is 11.9. The lowest BCUT2D eigenvalue weighted by atomic mass is 10.0. The highest BCUT2D eigenvalue weighted by Crippen LogP contribution is 2.19. The summed E-state index contributed by atoms with van der Waals surface area (Å²) in [5.74, 6) is 0.612. The van der Waals surface area contributed by atoms with E-state index in [0.29, 0.717) is 11.7 Å². The number of nitrogens with one attached hydrogen (secondary N) is 2. The van der Waals surface area contributed by atoms with E-state index in [-0.39, 0.29) is 37.0 Å². The molecule has 8 nitrogen and oxygen atoms in total. The van der Waals surface area contributed by atoms with Crippen molar-refractivity contribution in [3.63, 3.8) is 0 Å². The van der Waals surface area contributed by atoms with Crippen molar-refractivity contribution in [1.29, 1.82) is 0 Å². The van der Waals surface area contributed by atoms with Gasteiger partial charge in [0.25, 0.3) is 0 Å². The quantitative estimate of drug-likeness (QED) is 0.742. The van der Waals surface area contributed by atoms with Gasteiger partial charge in [-0.05, 0) is 26.7 Å². The smallest absolute Gasteiger partial charge is 0.315 e. The van der Waals surface area contributed by atoms with Gasteiger partial charge < -0.3 is 19.9 Å². The van der Waals surface area contributed by atoms with E-state index in [9.17, 15) is 9.59 Å². The fourth-order valence-electron chi connectivity index (χ4n) is 1.75. The van der Waals surface area contributed by atoms with Crippen LogP contribution in [0.25, 0.3) is 0 Å². The van der Waals surface area contributed by atoms with Crippen molar-refractivity contribution in [1.82, 2.24) is 20.8 Å². The molecule has 0 saturated heterocycles. The van der Waals surface area contributed by atoms with Crippen molar-refractivity contribution in [2.75, 3.05) is 6.54 Å². The van der Waals surface area contributed by atoms with Crippen LogP contribution in [0.2, 0.25) is 0 Å². The third-order valence-corrected chi connectivity index (χ3v) is 2.74. The van der Waals surface area contributed by atoms with Crippen LogP contribution in [0.4, 0.5) is 4.79 Å². The van der Waals surface area contributed by atoms with E-state index in [2.05, 4.69) is 20.8 Å². The van der Waals surface area contributed by atoms with Gasteiger partial charge in [0, 0.05) is 6.54 Å². The summed E-state index contributed by atoms with van der Waals surface area (Å²) in [5.41, 5.74) is 0. The molecule has 2 N–H and O–H groups in total. The number of esters is 1. The number of hydrogen-bond acceptors (Lipinski definition) is 6. The summed E-state index contributed by atoms with van der Waals surface area (Å²) in [7, 11) is 0. The Morgan fingerprint density at radius 3 is 2.45 bits per heavy atom. The standard InChI is InChI=1S/C14H24N4O4/c1-8(2)12(13-16-10(5)18-22-13)17-14(20)15-7-6-11(19)21-9(3)4/h8-9,12H,6-7H2,1-5H3,(H2,15,17,20). The molecule has 0 aliphatic carbocycles. The average molecular weight is 312 g/mol. The number of carbonyl (C=O) groups is 2. The normalized spacial score (nSPS) is 12.3. The van der Waals surface area contributed by atoms with Gasteiger partial charge in [-0.2, -0.15) is 4.98 Å². The largest absolute Gasteiger partial charge is 0.463 e. The summed E-state index contributed by atoms with van der Waals surface area (Å²) in [4.78, 5) is 27.4. The van der Waals surface area contributed by atoms with Crippen LogP contribution in [0.3, 0.4) is 0 Å². The van der Waals surface area contributed by atoms with Gasteiger partial charge in [-0.15, -0.1) is 0 Å². The first-order valence-electron chi connectivity index (χ1n) is 7.33. The monoisotopic (exact) mass is 312 g/mol. The first-order chi connectivity index (χ1) is 10.3. The molecule has 0 bridgehead atoms. The zero-order valence-electron chi connectivity index (χ0n) is 13.7. The van der Waals surface area contributed by atoms with Crippen LogP contribution in [-0.2, 0) is 9.53 Å². The highest BCUT2D eigenvalue weighted by Gasteiger charge is 2.23. The minimum Gasteiger partial charge on any atom is -0.463 e. The number of carbonyl (C=O) groups excluding carboxylic acids is 2. The molecule has 2 amide bonds. The fraction of sp³-hybridized carbons (Fsp3) is 0.714. The Morgan fingerprint density at radius 1 is 1.27 bits per heavy atom. The van der Waals surface area contributed by atoms with E-state index < -0.39 is 6.03 Å². The molecular formula is C14H24N4O4. The molecule has 0 fully saturated rings. The van der Waals surface area contributed by atoms with Crippen LogP contribution >= 0.6 is 0 Å². The Kier molecular flexibility index (Phi) is 6.81. The fourth-order valence-corrected chi connectivity index (χ4v) is 1.75. The second-order valence-electron chi connectivity index (χ2n) is 5.59. The van der Waals surface area contributed by atoms with E-state index in [1.54, 1.807) is 20.8 Å². The van der Waals surface area contributed by atoms with Gasteiger partial charge in [0.15, 0.2) is 5.82 Å². The minimum absolute atomic E-state index is 0.0801. The Labute approximate surface area is 130 Å². The molecule has 1 aromatic rings. The predicted molar refractivity (Wildman–Crippen MR) is 79.0 cm³/mol. The molecule has 0 aliphatic heterocycles. The summed E-state index contributed by atoms with van der Waals surface area (Å²) >= 11 is 0. The number of aryl methyl sites for hydroxylation is 1. The Bertz CT molecular complexity index is 499. The zero-order chi connectivity index (χ0) is 16.7. The molecule has 8 heteroatoms. The van der Waals surface area contributed by atoms with Crippen LogP contribution < -0.4 is 10.6 Å². The van der Waals surface area contributed by atoms with Gasteiger partial charge in [0.05, 0.1) is 12.5 Å². The van der Waals surface area contributed by atoms with Crippen molar-refractivity contribution in [2.24, 2.45) is 5.92 Å². The number of rotatable bonds is 7. The third kappa shape index (κ3) is 6.11. The lowest BCUT2D eigenvalue weighted by Crippen LogP contribution is -2.40. The second kappa shape index (κ2) is 8.35. The van der Waals surface area contributed by atoms with Gasteiger partial charge in [-0.1, -0.05) is 19.0 Å². The highest BCUT2D eigenvalue weighted by molar-refractivity contribution is 5.75. The van der Waals surface area contributed by atoms with Crippen LogP contribution in [0.1, 0.15) is 51.9 Å². The lowest BCUT2D eigenvalue weighted by molar-refractivity contribution is -0.147. The van der Waals surface area contributed by atoms with Gasteiger partial charge >= 0.3 is 12.0 Å².